The number of hydrogen-bond acceptors (Lipinski definition) is 3. The first-order valence-electron chi connectivity index (χ1n) is 4.45. The highest BCUT2D eigenvalue weighted by atomic mass is 79.9. The number of amides is 1. The Hall–Kier alpha value is -1.28. The van der Waals surface area contributed by atoms with Gasteiger partial charge in [-0.15, -0.1) is 0 Å². The molecule has 0 spiro atoms. The molecule has 1 heterocycles. The highest BCUT2D eigenvalue weighted by Gasteiger charge is 2.20. The fraction of sp³-hybridized carbons (Fsp3) is 0.400. The first kappa shape index (κ1) is 11.8. The Morgan fingerprint density at radius 3 is 2.93 bits per heavy atom. The first-order chi connectivity index (χ1) is 7.07. The van der Waals surface area contributed by atoms with E-state index < -0.39 is 0 Å². The summed E-state index contributed by atoms with van der Waals surface area (Å²) < 4.78 is 5.40. The maximum Gasteiger partial charge on any atom is 0.258 e. The predicted octanol–water partition coefficient (Wildman–Crippen LogP) is 2.42. The second-order valence-electron chi connectivity index (χ2n) is 3.24. The zero-order valence-corrected chi connectivity index (χ0v) is 10.1. The molecule has 1 rings (SSSR count). The number of halogens is 1. The number of carbonyl (C=O) groups is 1. The van der Waals surface area contributed by atoms with Crippen LogP contribution in [-0.4, -0.2) is 23.9 Å². The molecule has 0 aliphatic carbocycles. The van der Waals surface area contributed by atoms with Crippen molar-refractivity contribution in [3.05, 3.63) is 22.6 Å². The van der Waals surface area contributed by atoms with Gasteiger partial charge >= 0.3 is 0 Å². The maximum absolute atomic E-state index is 11.9. The zero-order chi connectivity index (χ0) is 11.4. The molecule has 0 aliphatic heterocycles. The normalized spacial score (nSPS) is 11.9. The molecular weight excluding hydrogens is 260 g/mol. The number of carbonyl (C=O) groups excluding carboxylic acids is 1. The van der Waals surface area contributed by atoms with Gasteiger partial charge in [-0.2, -0.15) is 5.26 Å². The molecule has 0 fully saturated rings. The van der Waals surface area contributed by atoms with Crippen LogP contribution < -0.4 is 0 Å². The van der Waals surface area contributed by atoms with Crippen molar-refractivity contribution >= 4 is 21.8 Å². The molecule has 4 nitrogen and oxygen atoms in total. The summed E-state index contributed by atoms with van der Waals surface area (Å²) in [6, 6.07) is 3.53. The Bertz CT molecular complexity index is 394. The van der Waals surface area contributed by atoms with Gasteiger partial charge in [0.25, 0.3) is 5.91 Å². The summed E-state index contributed by atoms with van der Waals surface area (Å²) in [5, 5.41) is 8.54. The van der Waals surface area contributed by atoms with Crippen LogP contribution in [0.1, 0.15) is 23.7 Å². The molecule has 1 amide bonds. The summed E-state index contributed by atoms with van der Waals surface area (Å²) in [6.07, 6.45) is 1.76. The third-order valence-corrected chi connectivity index (χ3v) is 2.83. The highest BCUT2D eigenvalue weighted by Crippen LogP contribution is 2.20. The van der Waals surface area contributed by atoms with E-state index in [1.807, 2.05) is 13.0 Å². The van der Waals surface area contributed by atoms with Crippen LogP contribution in [0.2, 0.25) is 0 Å². The van der Waals surface area contributed by atoms with E-state index in [4.69, 9.17) is 9.68 Å². The van der Waals surface area contributed by atoms with Gasteiger partial charge in [0.15, 0.2) is 4.67 Å². The van der Waals surface area contributed by atoms with Gasteiger partial charge in [0.1, 0.15) is 0 Å². The minimum atomic E-state index is -0.154. The van der Waals surface area contributed by atoms with Crippen molar-refractivity contribution in [1.82, 2.24) is 4.90 Å². The summed E-state index contributed by atoms with van der Waals surface area (Å²) in [7, 11) is 1.67. The van der Waals surface area contributed by atoms with Crippen LogP contribution in [0.4, 0.5) is 0 Å². The van der Waals surface area contributed by atoms with Crippen molar-refractivity contribution in [1.29, 1.82) is 5.26 Å². The lowest BCUT2D eigenvalue weighted by atomic mass is 10.2. The van der Waals surface area contributed by atoms with Gasteiger partial charge in [0, 0.05) is 13.1 Å². The van der Waals surface area contributed by atoms with Gasteiger partial charge in [0.2, 0.25) is 0 Å². The number of nitriles is 1. The quantitative estimate of drug-likeness (QED) is 0.848. The minimum Gasteiger partial charge on any atom is -0.457 e. The summed E-state index contributed by atoms with van der Waals surface area (Å²) >= 11 is 3.14. The monoisotopic (exact) mass is 270 g/mol. The molecule has 1 aromatic rings. The molecule has 1 unspecified atom stereocenters. The van der Waals surface area contributed by atoms with Crippen LogP contribution in [-0.2, 0) is 0 Å². The fourth-order valence-electron chi connectivity index (χ4n) is 1.11. The third-order valence-electron chi connectivity index (χ3n) is 2.22. The summed E-state index contributed by atoms with van der Waals surface area (Å²) in [5.41, 5.74) is 0.474. The van der Waals surface area contributed by atoms with Gasteiger partial charge in [-0.05, 0) is 28.9 Å². The van der Waals surface area contributed by atoms with E-state index in [1.54, 1.807) is 13.1 Å². The van der Waals surface area contributed by atoms with E-state index in [9.17, 15) is 4.79 Å². The Labute approximate surface area is 96.6 Å². The standard InChI is InChI=1S/C10H11BrN2O2/c1-7(3-5-12)13(2)10(14)8-4-6-15-9(8)11/h4,6-7H,3H2,1-2H3. The van der Waals surface area contributed by atoms with Crippen molar-refractivity contribution in [2.75, 3.05) is 7.05 Å². The molecule has 80 valence electrons. The lowest BCUT2D eigenvalue weighted by Gasteiger charge is -2.22. The molecule has 0 saturated carbocycles. The van der Waals surface area contributed by atoms with Crippen LogP contribution in [0, 0.1) is 11.3 Å². The Kier molecular flexibility index (Phi) is 3.92. The van der Waals surface area contributed by atoms with Gasteiger partial charge < -0.3 is 9.32 Å². The predicted molar refractivity (Wildman–Crippen MR) is 58.2 cm³/mol. The summed E-state index contributed by atoms with van der Waals surface area (Å²) in [4.78, 5) is 13.4. The fourth-order valence-corrected chi connectivity index (χ4v) is 1.52. The van der Waals surface area contributed by atoms with Crippen LogP contribution in [0.15, 0.2) is 21.4 Å². The van der Waals surface area contributed by atoms with Gasteiger partial charge in [-0.3, -0.25) is 4.79 Å². The maximum atomic E-state index is 11.9. The van der Waals surface area contributed by atoms with E-state index in [0.717, 1.165) is 0 Å². The summed E-state index contributed by atoms with van der Waals surface area (Å²) in [5.74, 6) is -0.154. The Morgan fingerprint density at radius 2 is 2.47 bits per heavy atom. The molecule has 0 saturated heterocycles. The second-order valence-corrected chi connectivity index (χ2v) is 3.96. The Morgan fingerprint density at radius 1 is 1.80 bits per heavy atom. The van der Waals surface area contributed by atoms with Crippen LogP contribution >= 0.6 is 15.9 Å². The van der Waals surface area contributed by atoms with Crippen molar-refractivity contribution in [3.63, 3.8) is 0 Å². The van der Waals surface area contributed by atoms with E-state index in [0.29, 0.717) is 16.7 Å². The molecule has 1 atom stereocenters. The topological polar surface area (TPSA) is 57.2 Å². The van der Waals surface area contributed by atoms with E-state index in [2.05, 4.69) is 15.9 Å². The van der Waals surface area contributed by atoms with Gasteiger partial charge in [-0.25, -0.2) is 0 Å². The smallest absolute Gasteiger partial charge is 0.258 e. The molecule has 1 aromatic heterocycles. The lowest BCUT2D eigenvalue weighted by molar-refractivity contribution is 0.0744. The molecule has 5 heteroatoms. The van der Waals surface area contributed by atoms with Crippen LogP contribution in [0.3, 0.4) is 0 Å². The molecule has 15 heavy (non-hydrogen) atoms. The van der Waals surface area contributed by atoms with Crippen molar-refractivity contribution in [2.24, 2.45) is 0 Å². The van der Waals surface area contributed by atoms with Crippen LogP contribution in [0.5, 0.6) is 0 Å². The van der Waals surface area contributed by atoms with E-state index in [1.165, 1.54) is 11.2 Å². The Balaban J connectivity index is 2.78. The highest BCUT2D eigenvalue weighted by molar-refractivity contribution is 9.10. The van der Waals surface area contributed by atoms with E-state index in [-0.39, 0.29) is 11.9 Å². The number of furan rings is 1. The average Bonchev–Trinajstić information content (AvgIpc) is 2.62. The minimum absolute atomic E-state index is 0.107. The first-order valence-corrected chi connectivity index (χ1v) is 5.24. The molecule has 0 aliphatic rings. The van der Waals surface area contributed by atoms with Crippen LogP contribution in [0.25, 0.3) is 0 Å². The second kappa shape index (κ2) is 4.99. The number of nitrogens with zero attached hydrogens (tertiary/aromatic N) is 2. The SMILES string of the molecule is CC(CC#N)N(C)C(=O)c1ccoc1Br. The van der Waals surface area contributed by atoms with E-state index >= 15 is 0 Å². The molecular formula is C10H11BrN2O2. The van der Waals surface area contributed by atoms with Gasteiger partial charge in [-0.1, -0.05) is 0 Å². The lowest BCUT2D eigenvalue weighted by Crippen LogP contribution is -2.34. The largest absolute Gasteiger partial charge is 0.457 e. The van der Waals surface area contributed by atoms with Crippen molar-refractivity contribution in [3.8, 4) is 6.07 Å². The van der Waals surface area contributed by atoms with Crippen molar-refractivity contribution in [2.45, 2.75) is 19.4 Å². The average molecular weight is 271 g/mol. The molecule has 0 bridgehead atoms. The number of rotatable bonds is 3. The summed E-state index contributed by atoms with van der Waals surface area (Å²) in [6.45, 7) is 1.83. The van der Waals surface area contributed by atoms with Gasteiger partial charge in [0.05, 0.1) is 24.3 Å². The third kappa shape index (κ3) is 2.60. The zero-order valence-electron chi connectivity index (χ0n) is 8.53. The number of hydrogen-bond donors (Lipinski definition) is 0. The molecule has 0 aromatic carbocycles. The molecule has 0 N–H and O–H groups in total. The molecule has 0 radical (unpaired) electrons. The van der Waals surface area contributed by atoms with Crippen molar-refractivity contribution < 1.29 is 9.21 Å².